The van der Waals surface area contributed by atoms with Crippen LogP contribution in [0.4, 0.5) is 15.4 Å². The van der Waals surface area contributed by atoms with Crippen molar-refractivity contribution in [3.05, 3.63) is 65.9 Å². The third-order valence-electron chi connectivity index (χ3n) is 10.4. The Bertz CT molecular complexity index is 1770. The minimum Gasteiger partial charge on any atom is -0.472 e. The predicted octanol–water partition coefficient (Wildman–Crippen LogP) is 4.37. The highest BCUT2D eigenvalue weighted by Gasteiger charge is 2.54. The highest BCUT2D eigenvalue weighted by molar-refractivity contribution is 5.88. The maximum Gasteiger partial charge on any atom is 0.410 e. The van der Waals surface area contributed by atoms with Crippen LogP contribution in [-0.2, 0) is 20.9 Å². The quantitative estimate of drug-likeness (QED) is 0.286. The van der Waals surface area contributed by atoms with Crippen molar-refractivity contribution in [1.82, 2.24) is 34.2 Å². The first kappa shape index (κ1) is 35.5. The van der Waals surface area contributed by atoms with Crippen LogP contribution in [-0.4, -0.2) is 130 Å². The summed E-state index contributed by atoms with van der Waals surface area (Å²) in [6.07, 6.45) is 7.63. The zero-order valence-corrected chi connectivity index (χ0v) is 30.6. The second kappa shape index (κ2) is 15.0. The fourth-order valence-corrected chi connectivity index (χ4v) is 7.54. The zero-order valence-electron chi connectivity index (χ0n) is 30.6. The molecule has 3 amide bonds. The molecular weight excluding hydrogens is 664 g/mol. The van der Waals surface area contributed by atoms with Gasteiger partial charge in [0, 0.05) is 55.3 Å². The largest absolute Gasteiger partial charge is 0.472 e. The summed E-state index contributed by atoms with van der Waals surface area (Å²) in [7, 11) is 3.90. The van der Waals surface area contributed by atoms with Crippen molar-refractivity contribution in [1.29, 1.82) is 0 Å². The van der Waals surface area contributed by atoms with E-state index in [0.29, 0.717) is 51.7 Å². The number of likely N-dealkylation sites (N-methyl/N-ethyl adjacent to an activating group) is 1. The molecule has 7 rings (SSSR count). The van der Waals surface area contributed by atoms with E-state index >= 15 is 0 Å². The van der Waals surface area contributed by atoms with Crippen LogP contribution in [0.1, 0.15) is 56.6 Å². The maximum absolute atomic E-state index is 12.9. The molecule has 278 valence electrons. The number of rotatable bonds is 11. The lowest BCUT2D eigenvalue weighted by Gasteiger charge is -2.58. The molecule has 4 fully saturated rings. The Balaban J connectivity index is 0.908. The number of piperidine rings is 1. The number of ether oxygens (including phenoxy) is 3. The molecule has 1 N–H and O–H groups in total. The third kappa shape index (κ3) is 7.96. The lowest BCUT2D eigenvalue weighted by atomic mass is 9.61. The van der Waals surface area contributed by atoms with E-state index in [1.165, 1.54) is 0 Å². The van der Waals surface area contributed by atoms with Crippen LogP contribution in [0.2, 0.25) is 0 Å². The fourth-order valence-electron chi connectivity index (χ4n) is 7.54. The summed E-state index contributed by atoms with van der Waals surface area (Å²) >= 11 is 0. The monoisotopic (exact) mass is 714 g/mol. The van der Waals surface area contributed by atoms with Crippen molar-refractivity contribution in [2.75, 3.05) is 65.2 Å². The normalized spacial score (nSPS) is 20.3. The molecule has 4 aliphatic rings. The molecule has 1 aromatic carbocycles. The summed E-state index contributed by atoms with van der Waals surface area (Å²) in [6.45, 7) is 8.41. The SMILES string of the molecule is CC(C)c1cnn2c(NC3CC4(C3)CN(C(=O)OC3CN(C(=O)/C=C/CN(C)C)C3)C4)cc(O[C@@H]3CCCN(C(=O)OCc4ccccc4)C3)nc12. The number of carbonyl (C=O) groups is 3. The van der Waals surface area contributed by atoms with Crippen LogP contribution < -0.4 is 10.1 Å². The van der Waals surface area contributed by atoms with Crippen molar-refractivity contribution in [2.45, 2.75) is 70.3 Å². The highest BCUT2D eigenvalue weighted by atomic mass is 16.6. The lowest BCUT2D eigenvalue weighted by Crippen LogP contribution is -2.67. The van der Waals surface area contributed by atoms with Crippen molar-refractivity contribution in [2.24, 2.45) is 5.41 Å². The topological polar surface area (TPSA) is 134 Å². The molecule has 3 saturated heterocycles. The van der Waals surface area contributed by atoms with Crippen LogP contribution in [0.25, 0.3) is 5.65 Å². The summed E-state index contributed by atoms with van der Waals surface area (Å²) in [5, 5.41) is 8.35. The number of likely N-dealkylation sites (tertiary alicyclic amines) is 3. The lowest BCUT2D eigenvalue weighted by molar-refractivity contribution is -0.138. The Kier molecular flexibility index (Phi) is 10.3. The summed E-state index contributed by atoms with van der Waals surface area (Å²) in [4.78, 5) is 50.0. The number of hydrogen-bond acceptors (Lipinski definition) is 10. The molecule has 1 saturated carbocycles. The molecular formula is C38H50N8O6. The molecule has 1 atom stereocenters. The van der Waals surface area contributed by atoms with Crippen molar-refractivity contribution in [3.8, 4) is 5.88 Å². The Hall–Kier alpha value is -4.85. The second-order valence-corrected chi connectivity index (χ2v) is 15.4. The summed E-state index contributed by atoms with van der Waals surface area (Å²) in [5.74, 6) is 1.47. The molecule has 0 unspecified atom stereocenters. The van der Waals surface area contributed by atoms with Crippen LogP contribution in [0.5, 0.6) is 5.88 Å². The van der Waals surface area contributed by atoms with E-state index in [2.05, 4.69) is 24.3 Å². The molecule has 0 radical (unpaired) electrons. The first-order valence-corrected chi connectivity index (χ1v) is 18.4. The average Bonchev–Trinajstić information content (AvgIpc) is 3.50. The number of benzene rings is 1. The van der Waals surface area contributed by atoms with Crippen molar-refractivity contribution < 1.29 is 28.6 Å². The number of aromatic nitrogens is 3. The van der Waals surface area contributed by atoms with Gasteiger partial charge in [-0.1, -0.05) is 50.3 Å². The first-order chi connectivity index (χ1) is 25.0. The van der Waals surface area contributed by atoms with Gasteiger partial charge in [-0.2, -0.15) is 14.6 Å². The smallest absolute Gasteiger partial charge is 0.410 e. The van der Waals surface area contributed by atoms with Gasteiger partial charge in [0.1, 0.15) is 24.6 Å². The molecule has 0 bridgehead atoms. The van der Waals surface area contributed by atoms with E-state index in [4.69, 9.17) is 19.2 Å². The molecule has 1 aliphatic carbocycles. The molecule has 2 aromatic heterocycles. The van der Waals surface area contributed by atoms with Gasteiger partial charge < -0.3 is 39.1 Å². The van der Waals surface area contributed by atoms with Gasteiger partial charge in [-0.3, -0.25) is 4.79 Å². The van der Waals surface area contributed by atoms with Gasteiger partial charge in [0.2, 0.25) is 11.8 Å². The molecule has 14 heteroatoms. The molecule has 3 aliphatic heterocycles. The van der Waals surface area contributed by atoms with E-state index < -0.39 is 0 Å². The summed E-state index contributed by atoms with van der Waals surface area (Å²) in [6, 6.07) is 11.8. The molecule has 14 nitrogen and oxygen atoms in total. The second-order valence-electron chi connectivity index (χ2n) is 15.4. The molecule has 3 aromatic rings. The standard InChI is InChI=1S/C38H50N8O6/c1-26(2)31-19-39-46-32(16-33(41-35(31)46)51-29-12-8-15-43(20-29)36(48)50-23-27-10-6-5-7-11-27)40-28-17-38(18-28)24-45(25-38)37(49)52-30-21-44(22-30)34(47)13-9-14-42(3)4/h5-7,9-11,13,16,19,26,28-30,40H,8,12,14-15,17-18,20-25H2,1-4H3/b13-9+/t29-/m1/s1. The molecule has 1 spiro atoms. The predicted molar refractivity (Wildman–Crippen MR) is 194 cm³/mol. The Morgan fingerprint density at radius 1 is 1.02 bits per heavy atom. The van der Waals surface area contributed by atoms with E-state index in [0.717, 1.165) is 48.3 Å². The van der Waals surface area contributed by atoms with Crippen molar-refractivity contribution >= 4 is 29.6 Å². The number of nitrogens with one attached hydrogen (secondary N) is 1. The first-order valence-electron chi connectivity index (χ1n) is 18.4. The van der Waals surface area contributed by atoms with E-state index in [-0.39, 0.29) is 54.3 Å². The Labute approximate surface area is 304 Å². The van der Waals surface area contributed by atoms with Crippen LogP contribution >= 0.6 is 0 Å². The van der Waals surface area contributed by atoms with Gasteiger partial charge in [-0.25, -0.2) is 9.59 Å². The van der Waals surface area contributed by atoms with E-state index in [9.17, 15) is 14.4 Å². The molecule has 52 heavy (non-hydrogen) atoms. The third-order valence-corrected chi connectivity index (χ3v) is 10.4. The number of anilines is 1. The van der Waals surface area contributed by atoms with Crippen LogP contribution in [0.15, 0.2) is 54.7 Å². The van der Waals surface area contributed by atoms with Gasteiger partial charge in [0.15, 0.2) is 5.65 Å². The Morgan fingerprint density at radius 3 is 2.50 bits per heavy atom. The minimum absolute atomic E-state index is 0.0527. The summed E-state index contributed by atoms with van der Waals surface area (Å²) < 4.78 is 19.6. The van der Waals surface area contributed by atoms with Gasteiger partial charge >= 0.3 is 12.2 Å². The van der Waals surface area contributed by atoms with Crippen LogP contribution in [0, 0.1) is 5.41 Å². The number of nitrogens with zero attached hydrogens (tertiary/aromatic N) is 7. The van der Waals surface area contributed by atoms with Gasteiger partial charge in [-0.05, 0) is 51.3 Å². The van der Waals surface area contributed by atoms with Crippen LogP contribution in [0.3, 0.4) is 0 Å². The van der Waals surface area contributed by atoms with E-state index in [1.807, 2.05) is 72.2 Å². The maximum atomic E-state index is 12.9. The average molecular weight is 715 g/mol. The molecule has 5 heterocycles. The van der Waals surface area contributed by atoms with Gasteiger partial charge in [-0.15, -0.1) is 0 Å². The summed E-state index contributed by atoms with van der Waals surface area (Å²) in [5.41, 5.74) is 2.80. The number of hydrogen-bond donors (Lipinski definition) is 1. The van der Waals surface area contributed by atoms with Crippen molar-refractivity contribution in [3.63, 3.8) is 0 Å². The highest BCUT2D eigenvalue weighted by Crippen LogP contribution is 2.49. The van der Waals surface area contributed by atoms with Gasteiger partial charge in [0.05, 0.1) is 25.8 Å². The number of fused-ring (bicyclic) bond motifs is 1. The number of carbonyl (C=O) groups excluding carboxylic acids is 3. The van der Waals surface area contributed by atoms with E-state index in [1.54, 1.807) is 20.8 Å². The Morgan fingerprint density at radius 2 is 1.77 bits per heavy atom. The number of amides is 3. The van der Waals surface area contributed by atoms with Gasteiger partial charge in [0.25, 0.3) is 0 Å². The zero-order chi connectivity index (χ0) is 36.4. The fraction of sp³-hybridized carbons (Fsp3) is 0.553. The minimum atomic E-state index is -0.340.